The topological polar surface area (TPSA) is 120 Å². The van der Waals surface area contributed by atoms with E-state index < -0.39 is 5.91 Å². The van der Waals surface area contributed by atoms with Crippen molar-refractivity contribution in [2.75, 3.05) is 12.4 Å². The maximum absolute atomic E-state index is 12.3. The first-order valence-electron chi connectivity index (χ1n) is 8.58. The van der Waals surface area contributed by atoms with E-state index >= 15 is 0 Å². The summed E-state index contributed by atoms with van der Waals surface area (Å²) in [4.78, 5) is 23.8. The SMILES string of the molecule is COC(=O)c1ccc(CSc2nnc(NC(=O)c3cc(-c4ccco4)on3)s2)cc1. The molecule has 0 spiro atoms. The molecule has 1 amide bonds. The second kappa shape index (κ2) is 8.93. The van der Waals surface area contributed by atoms with Crippen molar-refractivity contribution in [1.29, 1.82) is 0 Å². The molecule has 30 heavy (non-hydrogen) atoms. The number of carbonyl (C=O) groups excluding carboxylic acids is 2. The van der Waals surface area contributed by atoms with Crippen LogP contribution in [0.2, 0.25) is 0 Å². The molecule has 1 aromatic carbocycles. The average molecular weight is 442 g/mol. The molecule has 0 atom stereocenters. The number of aromatic nitrogens is 3. The van der Waals surface area contributed by atoms with Gasteiger partial charge in [-0.1, -0.05) is 40.4 Å². The number of esters is 1. The molecule has 0 fully saturated rings. The van der Waals surface area contributed by atoms with Crippen LogP contribution in [-0.4, -0.2) is 34.3 Å². The fraction of sp³-hybridized carbons (Fsp3) is 0.105. The average Bonchev–Trinajstić information content (AvgIpc) is 3.53. The zero-order valence-corrected chi connectivity index (χ0v) is 17.2. The molecule has 0 aliphatic carbocycles. The minimum atomic E-state index is -0.456. The quantitative estimate of drug-likeness (QED) is 0.256. The Labute approximate surface area is 178 Å². The highest BCUT2D eigenvalue weighted by Gasteiger charge is 2.17. The van der Waals surface area contributed by atoms with Crippen molar-refractivity contribution in [3.8, 4) is 11.5 Å². The van der Waals surface area contributed by atoms with E-state index in [2.05, 4.69) is 25.4 Å². The van der Waals surface area contributed by atoms with E-state index in [0.29, 0.717) is 32.3 Å². The molecule has 11 heteroatoms. The molecule has 0 unspecified atom stereocenters. The Morgan fingerprint density at radius 3 is 2.73 bits per heavy atom. The third kappa shape index (κ3) is 4.58. The van der Waals surface area contributed by atoms with E-state index in [4.69, 9.17) is 8.94 Å². The molecule has 4 rings (SSSR count). The first kappa shape index (κ1) is 19.9. The monoisotopic (exact) mass is 442 g/mol. The number of amides is 1. The van der Waals surface area contributed by atoms with E-state index in [9.17, 15) is 9.59 Å². The van der Waals surface area contributed by atoms with Crippen LogP contribution in [0, 0.1) is 0 Å². The zero-order valence-electron chi connectivity index (χ0n) is 15.5. The summed E-state index contributed by atoms with van der Waals surface area (Å²) in [6.45, 7) is 0. The first-order chi connectivity index (χ1) is 14.6. The van der Waals surface area contributed by atoms with Crippen LogP contribution in [0.3, 0.4) is 0 Å². The highest BCUT2D eigenvalue weighted by Crippen LogP contribution is 2.29. The van der Waals surface area contributed by atoms with Crippen LogP contribution in [0.4, 0.5) is 5.13 Å². The van der Waals surface area contributed by atoms with Gasteiger partial charge in [0, 0.05) is 11.8 Å². The summed E-state index contributed by atoms with van der Waals surface area (Å²) in [6.07, 6.45) is 1.51. The van der Waals surface area contributed by atoms with Gasteiger partial charge in [0.2, 0.25) is 10.9 Å². The number of anilines is 1. The fourth-order valence-corrected chi connectivity index (χ4v) is 4.10. The van der Waals surface area contributed by atoms with E-state index in [1.807, 2.05) is 12.1 Å². The van der Waals surface area contributed by atoms with Crippen molar-refractivity contribution in [3.63, 3.8) is 0 Å². The van der Waals surface area contributed by atoms with E-state index in [1.54, 1.807) is 24.3 Å². The molecule has 3 aromatic heterocycles. The Bertz CT molecular complexity index is 1150. The Morgan fingerprint density at radius 1 is 1.17 bits per heavy atom. The van der Waals surface area contributed by atoms with Crippen molar-refractivity contribution >= 4 is 40.1 Å². The van der Waals surface area contributed by atoms with Gasteiger partial charge in [0.25, 0.3) is 5.91 Å². The molecular weight excluding hydrogens is 428 g/mol. The number of hydrogen-bond acceptors (Lipinski definition) is 10. The molecule has 4 aromatic rings. The summed E-state index contributed by atoms with van der Waals surface area (Å²) >= 11 is 2.72. The predicted molar refractivity (Wildman–Crippen MR) is 109 cm³/mol. The number of thioether (sulfide) groups is 1. The van der Waals surface area contributed by atoms with Crippen LogP contribution < -0.4 is 5.32 Å². The van der Waals surface area contributed by atoms with Crippen molar-refractivity contribution in [1.82, 2.24) is 15.4 Å². The van der Waals surface area contributed by atoms with Gasteiger partial charge in [-0.05, 0) is 29.8 Å². The number of hydrogen-bond donors (Lipinski definition) is 1. The van der Waals surface area contributed by atoms with Crippen molar-refractivity contribution in [2.45, 2.75) is 10.1 Å². The van der Waals surface area contributed by atoms with Gasteiger partial charge < -0.3 is 13.7 Å². The lowest BCUT2D eigenvalue weighted by Gasteiger charge is -2.01. The van der Waals surface area contributed by atoms with Crippen molar-refractivity contribution < 1.29 is 23.3 Å². The largest absolute Gasteiger partial charge is 0.465 e. The summed E-state index contributed by atoms with van der Waals surface area (Å²) < 4.78 is 15.7. The molecule has 0 aliphatic rings. The van der Waals surface area contributed by atoms with E-state index in [-0.39, 0.29) is 11.7 Å². The van der Waals surface area contributed by atoms with Gasteiger partial charge >= 0.3 is 5.97 Å². The van der Waals surface area contributed by atoms with Gasteiger partial charge in [-0.2, -0.15) is 0 Å². The van der Waals surface area contributed by atoms with E-state index in [1.165, 1.54) is 42.5 Å². The maximum Gasteiger partial charge on any atom is 0.337 e. The highest BCUT2D eigenvalue weighted by molar-refractivity contribution is 8.00. The van der Waals surface area contributed by atoms with Gasteiger partial charge in [-0.25, -0.2) is 4.79 Å². The third-order valence-electron chi connectivity index (χ3n) is 3.87. The lowest BCUT2D eigenvalue weighted by molar-refractivity contribution is 0.0600. The highest BCUT2D eigenvalue weighted by atomic mass is 32.2. The van der Waals surface area contributed by atoms with Crippen molar-refractivity contribution in [3.05, 3.63) is 65.5 Å². The second-order valence-electron chi connectivity index (χ2n) is 5.86. The maximum atomic E-state index is 12.3. The Morgan fingerprint density at radius 2 is 2.00 bits per heavy atom. The molecular formula is C19H14N4O5S2. The smallest absolute Gasteiger partial charge is 0.337 e. The number of ether oxygens (including phenoxy) is 1. The number of nitrogens with zero attached hydrogens (tertiary/aromatic N) is 3. The molecule has 0 bridgehead atoms. The first-order valence-corrected chi connectivity index (χ1v) is 10.4. The lowest BCUT2D eigenvalue weighted by atomic mass is 10.1. The van der Waals surface area contributed by atoms with Gasteiger partial charge in [-0.3, -0.25) is 10.1 Å². The predicted octanol–water partition coefficient (Wildman–Crippen LogP) is 4.12. The fourth-order valence-electron chi connectivity index (χ4n) is 2.40. The molecule has 0 saturated heterocycles. The summed E-state index contributed by atoms with van der Waals surface area (Å²) in [5, 5.41) is 14.8. The lowest BCUT2D eigenvalue weighted by Crippen LogP contribution is -2.11. The van der Waals surface area contributed by atoms with Crippen molar-refractivity contribution in [2.24, 2.45) is 0 Å². The van der Waals surface area contributed by atoms with Crippen LogP contribution in [-0.2, 0) is 10.5 Å². The molecule has 1 N–H and O–H groups in total. The van der Waals surface area contributed by atoms with Crippen LogP contribution in [0.5, 0.6) is 0 Å². The van der Waals surface area contributed by atoms with Crippen LogP contribution in [0.15, 0.2) is 62.0 Å². The molecule has 152 valence electrons. The minimum absolute atomic E-state index is 0.108. The van der Waals surface area contributed by atoms with Gasteiger partial charge in [-0.15, -0.1) is 10.2 Å². The van der Waals surface area contributed by atoms with Crippen LogP contribution in [0.25, 0.3) is 11.5 Å². The number of benzene rings is 1. The van der Waals surface area contributed by atoms with Crippen LogP contribution >= 0.6 is 23.1 Å². The van der Waals surface area contributed by atoms with Crippen LogP contribution in [0.1, 0.15) is 26.4 Å². The number of nitrogens with one attached hydrogen (secondary N) is 1. The molecule has 0 aliphatic heterocycles. The van der Waals surface area contributed by atoms with E-state index in [0.717, 1.165) is 5.56 Å². The molecule has 0 radical (unpaired) electrons. The summed E-state index contributed by atoms with van der Waals surface area (Å²) in [5.74, 6) is 0.650. The van der Waals surface area contributed by atoms with Gasteiger partial charge in [0.05, 0.1) is 18.9 Å². The summed E-state index contributed by atoms with van der Waals surface area (Å²) in [6, 6.07) is 12.0. The Kier molecular flexibility index (Phi) is 5.91. The molecule has 0 saturated carbocycles. The second-order valence-corrected chi connectivity index (χ2v) is 8.06. The normalized spacial score (nSPS) is 10.7. The number of rotatable bonds is 7. The zero-order chi connectivity index (χ0) is 20.9. The summed E-state index contributed by atoms with van der Waals surface area (Å²) in [5.41, 5.74) is 1.62. The number of carbonyl (C=O) groups is 2. The standard InChI is InChI=1S/C19H14N4O5S2/c1-26-17(25)12-6-4-11(5-7-12)10-29-19-22-21-18(30-19)20-16(24)13-9-15(28-23-13)14-3-2-8-27-14/h2-9H,10H2,1H3,(H,20,21,24). The minimum Gasteiger partial charge on any atom is -0.465 e. The number of furan rings is 1. The molecule has 9 nitrogen and oxygen atoms in total. The third-order valence-corrected chi connectivity index (χ3v) is 5.91. The molecule has 3 heterocycles. The van der Waals surface area contributed by atoms with Gasteiger partial charge in [0.1, 0.15) is 0 Å². The summed E-state index contributed by atoms with van der Waals surface area (Å²) in [7, 11) is 1.35. The number of methoxy groups -OCH3 is 1. The van der Waals surface area contributed by atoms with Gasteiger partial charge in [0.15, 0.2) is 15.8 Å². The Hall–Kier alpha value is -3.44. The Balaban J connectivity index is 1.33.